The second-order valence-electron chi connectivity index (χ2n) is 8.57. The summed E-state index contributed by atoms with van der Waals surface area (Å²) in [4.78, 5) is 9.98. The number of aryl methyl sites for hydroxylation is 1. The molecule has 1 heterocycles. The molecule has 1 aromatic rings. The van der Waals surface area contributed by atoms with Crippen LogP contribution in [0.1, 0.15) is 44.7 Å². The van der Waals surface area contributed by atoms with Gasteiger partial charge < -0.3 is 15.5 Å². The smallest absolute Gasteiger partial charge is 0.191 e. The second kappa shape index (κ2) is 13.4. The summed E-state index contributed by atoms with van der Waals surface area (Å²) in [7, 11) is 2.21. The van der Waals surface area contributed by atoms with E-state index in [9.17, 15) is 0 Å². The Morgan fingerprint density at radius 3 is 2.38 bits per heavy atom. The highest BCUT2D eigenvalue weighted by molar-refractivity contribution is 14.0. The summed E-state index contributed by atoms with van der Waals surface area (Å²) in [5, 5.41) is 6.97. The predicted molar refractivity (Wildman–Crippen MR) is 137 cm³/mol. The van der Waals surface area contributed by atoms with Crippen molar-refractivity contribution in [1.29, 1.82) is 0 Å². The number of piperazine rings is 1. The molecule has 0 amide bonds. The Morgan fingerprint density at radius 2 is 1.79 bits per heavy atom. The Balaban J connectivity index is 0.00000420. The molecule has 2 rings (SSSR count). The summed E-state index contributed by atoms with van der Waals surface area (Å²) in [5.41, 5.74) is 2.69. The van der Waals surface area contributed by atoms with E-state index in [0.717, 1.165) is 51.8 Å². The van der Waals surface area contributed by atoms with Crippen LogP contribution < -0.4 is 10.6 Å². The normalized spacial score (nSPS) is 18.2. The summed E-state index contributed by atoms with van der Waals surface area (Å²) < 4.78 is 0. The van der Waals surface area contributed by atoms with Gasteiger partial charge in [-0.25, -0.2) is 0 Å². The summed E-state index contributed by atoms with van der Waals surface area (Å²) in [6, 6.07) is 9.28. The van der Waals surface area contributed by atoms with Crippen molar-refractivity contribution < 1.29 is 0 Å². The Morgan fingerprint density at radius 1 is 1.10 bits per heavy atom. The van der Waals surface area contributed by atoms with Crippen LogP contribution in [0.15, 0.2) is 29.3 Å². The topological polar surface area (TPSA) is 42.9 Å². The van der Waals surface area contributed by atoms with E-state index in [-0.39, 0.29) is 24.0 Å². The first kappa shape index (κ1) is 26.2. The number of aliphatic imine (C=N–C) groups is 1. The first-order valence-electron chi connectivity index (χ1n) is 10.9. The number of likely N-dealkylation sites (N-methyl/N-ethyl adjacent to an activating group) is 1. The zero-order valence-electron chi connectivity index (χ0n) is 19.2. The van der Waals surface area contributed by atoms with Crippen molar-refractivity contribution in [2.45, 2.75) is 46.6 Å². The largest absolute Gasteiger partial charge is 0.357 e. The number of halogens is 1. The number of nitrogens with one attached hydrogen (secondary N) is 2. The van der Waals surface area contributed by atoms with Gasteiger partial charge in [-0.1, -0.05) is 50.6 Å². The molecule has 1 aliphatic rings. The zero-order valence-corrected chi connectivity index (χ0v) is 21.6. The lowest BCUT2D eigenvalue weighted by Gasteiger charge is -2.39. The van der Waals surface area contributed by atoms with Gasteiger partial charge in [0.15, 0.2) is 5.96 Å². The molecular weight excluding hydrogens is 473 g/mol. The number of benzene rings is 1. The minimum Gasteiger partial charge on any atom is -0.357 e. The van der Waals surface area contributed by atoms with Crippen molar-refractivity contribution in [3.05, 3.63) is 35.4 Å². The maximum atomic E-state index is 4.95. The minimum absolute atomic E-state index is 0. The van der Waals surface area contributed by atoms with Gasteiger partial charge in [0.2, 0.25) is 0 Å². The molecule has 29 heavy (non-hydrogen) atoms. The SMILES string of the molecule is CCNC(=NCC(C(C)C)N1CCN(C)CC1)NCC(C)c1cccc(C)c1.I. The van der Waals surface area contributed by atoms with Crippen molar-refractivity contribution in [2.75, 3.05) is 52.9 Å². The van der Waals surface area contributed by atoms with Crippen LogP contribution in [0.25, 0.3) is 0 Å². The number of guanidine groups is 1. The molecule has 0 radical (unpaired) electrons. The molecule has 166 valence electrons. The molecule has 1 aliphatic heterocycles. The average Bonchev–Trinajstić information content (AvgIpc) is 2.67. The van der Waals surface area contributed by atoms with Crippen LogP contribution >= 0.6 is 24.0 Å². The molecule has 5 nitrogen and oxygen atoms in total. The fourth-order valence-corrected chi connectivity index (χ4v) is 3.77. The van der Waals surface area contributed by atoms with Gasteiger partial charge in [0.25, 0.3) is 0 Å². The molecule has 2 atom stereocenters. The fourth-order valence-electron chi connectivity index (χ4n) is 3.77. The average molecular weight is 516 g/mol. The monoisotopic (exact) mass is 515 g/mol. The molecule has 0 aromatic heterocycles. The van der Waals surface area contributed by atoms with Crippen molar-refractivity contribution in [3.8, 4) is 0 Å². The molecule has 0 bridgehead atoms. The maximum absolute atomic E-state index is 4.95. The van der Waals surface area contributed by atoms with Crippen molar-refractivity contribution in [1.82, 2.24) is 20.4 Å². The van der Waals surface area contributed by atoms with Crippen LogP contribution in [-0.2, 0) is 0 Å². The number of rotatable bonds is 8. The Kier molecular flexibility index (Phi) is 12.1. The van der Waals surface area contributed by atoms with Crippen LogP contribution in [0.2, 0.25) is 0 Å². The first-order chi connectivity index (χ1) is 13.4. The molecule has 6 heteroatoms. The van der Waals surface area contributed by atoms with Gasteiger partial charge >= 0.3 is 0 Å². The van der Waals surface area contributed by atoms with E-state index in [0.29, 0.717) is 17.9 Å². The van der Waals surface area contributed by atoms with E-state index in [1.165, 1.54) is 11.1 Å². The quantitative estimate of drug-likeness (QED) is 0.316. The molecule has 0 spiro atoms. The second-order valence-corrected chi connectivity index (χ2v) is 8.57. The molecule has 2 unspecified atom stereocenters. The lowest BCUT2D eigenvalue weighted by atomic mass is 9.99. The Bertz CT molecular complexity index is 611. The molecule has 1 fully saturated rings. The van der Waals surface area contributed by atoms with Gasteiger partial charge in [-0.05, 0) is 38.3 Å². The third-order valence-electron chi connectivity index (χ3n) is 5.74. The highest BCUT2D eigenvalue weighted by Crippen LogP contribution is 2.16. The molecule has 2 N–H and O–H groups in total. The van der Waals surface area contributed by atoms with E-state index in [4.69, 9.17) is 4.99 Å². The third kappa shape index (κ3) is 8.80. The Labute approximate surface area is 195 Å². The van der Waals surface area contributed by atoms with E-state index in [1.807, 2.05) is 0 Å². The van der Waals surface area contributed by atoms with E-state index in [2.05, 4.69) is 86.4 Å². The number of hydrogen-bond acceptors (Lipinski definition) is 3. The lowest BCUT2D eigenvalue weighted by Crippen LogP contribution is -2.52. The molecule has 1 aromatic carbocycles. The summed E-state index contributed by atoms with van der Waals surface area (Å²) in [6.07, 6.45) is 0. The highest BCUT2D eigenvalue weighted by Gasteiger charge is 2.24. The molecular formula is C23H42IN5. The van der Waals surface area contributed by atoms with E-state index in [1.54, 1.807) is 0 Å². The molecule has 0 saturated carbocycles. The van der Waals surface area contributed by atoms with Crippen LogP contribution in [0.4, 0.5) is 0 Å². The van der Waals surface area contributed by atoms with Crippen LogP contribution in [0.5, 0.6) is 0 Å². The standard InChI is InChI=1S/C23H41N5.HI/c1-7-24-23(25-16-20(5)21-10-8-9-19(4)15-21)26-17-22(18(2)3)28-13-11-27(6)12-14-28;/h8-10,15,18,20,22H,7,11-14,16-17H2,1-6H3,(H2,24,25,26);1H. The van der Waals surface area contributed by atoms with Crippen molar-refractivity contribution >= 4 is 29.9 Å². The molecule has 1 saturated heterocycles. The van der Waals surface area contributed by atoms with E-state index >= 15 is 0 Å². The van der Waals surface area contributed by atoms with Gasteiger partial charge in [-0.3, -0.25) is 9.89 Å². The van der Waals surface area contributed by atoms with E-state index < -0.39 is 0 Å². The van der Waals surface area contributed by atoms with Crippen LogP contribution in [0, 0.1) is 12.8 Å². The maximum Gasteiger partial charge on any atom is 0.191 e. The highest BCUT2D eigenvalue weighted by atomic mass is 127. The Hall–Kier alpha value is -0.860. The lowest BCUT2D eigenvalue weighted by molar-refractivity contribution is 0.0925. The fraction of sp³-hybridized carbons (Fsp3) is 0.696. The van der Waals surface area contributed by atoms with Gasteiger partial charge in [0, 0.05) is 45.3 Å². The van der Waals surface area contributed by atoms with Crippen LogP contribution in [-0.4, -0.2) is 74.7 Å². The van der Waals surface area contributed by atoms with Crippen molar-refractivity contribution in [2.24, 2.45) is 10.9 Å². The number of hydrogen-bond donors (Lipinski definition) is 2. The van der Waals surface area contributed by atoms with Gasteiger partial charge in [-0.15, -0.1) is 24.0 Å². The van der Waals surface area contributed by atoms with Gasteiger partial charge in [0.1, 0.15) is 0 Å². The van der Waals surface area contributed by atoms with Gasteiger partial charge in [-0.2, -0.15) is 0 Å². The summed E-state index contributed by atoms with van der Waals surface area (Å²) in [6.45, 7) is 18.4. The third-order valence-corrected chi connectivity index (χ3v) is 5.74. The zero-order chi connectivity index (χ0) is 20.5. The summed E-state index contributed by atoms with van der Waals surface area (Å²) >= 11 is 0. The predicted octanol–water partition coefficient (Wildman–Crippen LogP) is 3.54. The van der Waals surface area contributed by atoms with Gasteiger partial charge in [0.05, 0.1) is 6.54 Å². The van der Waals surface area contributed by atoms with Crippen molar-refractivity contribution in [3.63, 3.8) is 0 Å². The minimum atomic E-state index is 0. The first-order valence-corrected chi connectivity index (χ1v) is 10.9. The summed E-state index contributed by atoms with van der Waals surface area (Å²) in [5.74, 6) is 1.98. The van der Waals surface area contributed by atoms with Crippen LogP contribution in [0.3, 0.4) is 0 Å². The molecule has 0 aliphatic carbocycles. The number of nitrogens with zero attached hydrogens (tertiary/aromatic N) is 3.